The van der Waals surface area contributed by atoms with Crippen molar-refractivity contribution in [1.82, 2.24) is 0 Å². The van der Waals surface area contributed by atoms with Crippen LogP contribution < -0.4 is 0 Å². The van der Waals surface area contributed by atoms with Gasteiger partial charge in [0.2, 0.25) is 0 Å². The summed E-state index contributed by atoms with van der Waals surface area (Å²) in [6.07, 6.45) is -0.893. The van der Waals surface area contributed by atoms with Gasteiger partial charge in [0.25, 0.3) is 0 Å². The van der Waals surface area contributed by atoms with Crippen LogP contribution in [0.1, 0.15) is 0 Å². The molecule has 2 heterocycles. The van der Waals surface area contributed by atoms with Crippen LogP contribution in [0.4, 0.5) is 0 Å². The van der Waals surface area contributed by atoms with E-state index in [0.29, 0.717) is 5.57 Å². The molecule has 3 fully saturated rings. The van der Waals surface area contributed by atoms with E-state index in [0.717, 1.165) is 0 Å². The highest BCUT2D eigenvalue weighted by Crippen LogP contribution is 2.68. The fourth-order valence-electron chi connectivity index (χ4n) is 4.19. The van der Waals surface area contributed by atoms with Gasteiger partial charge in [0, 0.05) is 11.5 Å². The average molecular weight is 310 g/mol. The summed E-state index contributed by atoms with van der Waals surface area (Å²) in [5, 5.41) is 0. The van der Waals surface area contributed by atoms with Crippen molar-refractivity contribution in [2.45, 2.75) is 12.2 Å². The molecule has 2 saturated heterocycles. The summed E-state index contributed by atoms with van der Waals surface area (Å²) in [7, 11) is 3.85. The standard InChI is InChI=1S/C15H18O7/c1-5(13(16)19-2)6-7-8(6)12-10(15(18)21-4)9(11(7)22-12)14(17)20-3/h6-12H,1H2,2-4H3. The fourth-order valence-corrected chi connectivity index (χ4v) is 4.19. The first kappa shape index (κ1) is 15.0. The molecule has 0 radical (unpaired) electrons. The Balaban J connectivity index is 1.86. The number of methoxy groups -OCH3 is 3. The molecule has 120 valence electrons. The van der Waals surface area contributed by atoms with Crippen LogP contribution in [0.2, 0.25) is 0 Å². The van der Waals surface area contributed by atoms with Crippen LogP contribution in [0.25, 0.3) is 0 Å². The second kappa shape index (κ2) is 5.08. The number of rotatable bonds is 4. The van der Waals surface area contributed by atoms with Gasteiger partial charge in [0.05, 0.1) is 45.4 Å². The third-order valence-corrected chi connectivity index (χ3v) is 5.10. The molecule has 6 unspecified atom stereocenters. The predicted molar refractivity (Wildman–Crippen MR) is 71.3 cm³/mol. The Labute approximate surface area is 127 Å². The van der Waals surface area contributed by atoms with Gasteiger partial charge in [-0.2, -0.15) is 0 Å². The zero-order chi connectivity index (χ0) is 16.2. The second-order valence-corrected chi connectivity index (χ2v) is 5.86. The van der Waals surface area contributed by atoms with E-state index in [-0.39, 0.29) is 17.8 Å². The van der Waals surface area contributed by atoms with Gasteiger partial charge in [-0.3, -0.25) is 9.59 Å². The zero-order valence-electron chi connectivity index (χ0n) is 12.6. The monoisotopic (exact) mass is 310 g/mol. The Morgan fingerprint density at radius 3 is 1.64 bits per heavy atom. The Bertz CT molecular complexity index is 520. The SMILES string of the molecule is C=C(C(=O)OC)C1C2C3OC(C(C(=O)OC)C3C(=O)OC)C12. The number of fused-ring (bicyclic) bond motifs is 5. The van der Waals surface area contributed by atoms with Crippen molar-refractivity contribution in [2.24, 2.45) is 29.6 Å². The summed E-state index contributed by atoms with van der Waals surface area (Å²) in [4.78, 5) is 35.7. The smallest absolute Gasteiger partial charge is 0.333 e. The molecule has 7 heteroatoms. The maximum absolute atomic E-state index is 12.0. The van der Waals surface area contributed by atoms with Gasteiger partial charge >= 0.3 is 17.9 Å². The number of esters is 3. The lowest BCUT2D eigenvalue weighted by Gasteiger charge is -2.23. The second-order valence-electron chi connectivity index (χ2n) is 5.86. The molecule has 1 aliphatic carbocycles. The number of ether oxygens (including phenoxy) is 4. The first-order chi connectivity index (χ1) is 10.5. The molecule has 0 aromatic rings. The first-order valence-corrected chi connectivity index (χ1v) is 7.06. The Kier molecular flexibility index (Phi) is 3.47. The van der Waals surface area contributed by atoms with Gasteiger partial charge < -0.3 is 18.9 Å². The fraction of sp³-hybridized carbons (Fsp3) is 0.667. The van der Waals surface area contributed by atoms with Crippen molar-refractivity contribution in [2.75, 3.05) is 21.3 Å². The van der Waals surface area contributed by atoms with E-state index in [1.807, 2.05) is 0 Å². The lowest BCUT2D eigenvalue weighted by Crippen LogP contribution is -2.40. The van der Waals surface area contributed by atoms with Crippen molar-refractivity contribution in [3.8, 4) is 0 Å². The van der Waals surface area contributed by atoms with Crippen LogP contribution in [-0.4, -0.2) is 51.4 Å². The Morgan fingerprint density at radius 1 is 0.818 bits per heavy atom. The van der Waals surface area contributed by atoms with E-state index >= 15 is 0 Å². The van der Waals surface area contributed by atoms with Gasteiger partial charge in [-0.15, -0.1) is 0 Å². The lowest BCUT2D eigenvalue weighted by molar-refractivity contribution is -0.158. The number of hydrogen-bond donors (Lipinski definition) is 0. The molecule has 0 aromatic carbocycles. The van der Waals surface area contributed by atoms with Gasteiger partial charge in [-0.1, -0.05) is 6.58 Å². The van der Waals surface area contributed by atoms with Crippen molar-refractivity contribution >= 4 is 17.9 Å². The molecule has 7 nitrogen and oxygen atoms in total. The molecule has 0 amide bonds. The van der Waals surface area contributed by atoms with E-state index in [4.69, 9.17) is 18.9 Å². The topological polar surface area (TPSA) is 88.1 Å². The molecule has 2 aliphatic heterocycles. The van der Waals surface area contributed by atoms with E-state index in [1.54, 1.807) is 0 Å². The van der Waals surface area contributed by atoms with Crippen molar-refractivity contribution in [3.05, 3.63) is 12.2 Å². The van der Waals surface area contributed by atoms with Crippen LogP contribution in [0.5, 0.6) is 0 Å². The number of carbonyl (C=O) groups is 3. The van der Waals surface area contributed by atoms with E-state index < -0.39 is 42.0 Å². The van der Waals surface area contributed by atoms with Crippen LogP contribution >= 0.6 is 0 Å². The van der Waals surface area contributed by atoms with Crippen LogP contribution in [0.15, 0.2) is 12.2 Å². The summed E-state index contributed by atoms with van der Waals surface area (Å²) in [5.41, 5.74) is 0.366. The molecule has 2 bridgehead atoms. The summed E-state index contributed by atoms with van der Waals surface area (Å²) >= 11 is 0. The van der Waals surface area contributed by atoms with E-state index in [1.165, 1.54) is 21.3 Å². The molecule has 6 atom stereocenters. The normalized spacial score (nSPS) is 40.6. The molecular formula is C15H18O7. The van der Waals surface area contributed by atoms with Crippen molar-refractivity contribution in [1.29, 1.82) is 0 Å². The quantitative estimate of drug-likeness (QED) is 0.408. The zero-order valence-corrected chi connectivity index (χ0v) is 12.6. The molecular weight excluding hydrogens is 292 g/mol. The maximum Gasteiger partial charge on any atom is 0.333 e. The highest BCUT2D eigenvalue weighted by molar-refractivity contribution is 5.90. The van der Waals surface area contributed by atoms with E-state index in [2.05, 4.69) is 6.58 Å². The molecule has 1 saturated carbocycles. The third-order valence-electron chi connectivity index (χ3n) is 5.10. The summed E-state index contributed by atoms with van der Waals surface area (Å²) in [6.45, 7) is 3.78. The van der Waals surface area contributed by atoms with Crippen LogP contribution in [-0.2, 0) is 33.3 Å². The Hall–Kier alpha value is -1.89. The first-order valence-electron chi connectivity index (χ1n) is 7.06. The minimum Gasteiger partial charge on any atom is -0.469 e. The van der Waals surface area contributed by atoms with Crippen LogP contribution in [0, 0.1) is 29.6 Å². The maximum atomic E-state index is 12.0. The van der Waals surface area contributed by atoms with Crippen molar-refractivity contribution < 1.29 is 33.3 Å². The molecule has 0 aromatic heterocycles. The molecule has 0 N–H and O–H groups in total. The average Bonchev–Trinajstić information content (AvgIpc) is 3.03. The highest BCUT2D eigenvalue weighted by atomic mass is 16.6. The molecule has 22 heavy (non-hydrogen) atoms. The van der Waals surface area contributed by atoms with Crippen molar-refractivity contribution in [3.63, 3.8) is 0 Å². The number of hydrogen-bond acceptors (Lipinski definition) is 7. The summed E-state index contributed by atoms with van der Waals surface area (Å²) in [5.74, 6) is -2.95. The molecule has 3 rings (SSSR count). The predicted octanol–water partition coefficient (Wildman–Crippen LogP) is -0.0628. The minimum absolute atomic E-state index is 0.00149. The largest absolute Gasteiger partial charge is 0.469 e. The molecule has 3 aliphatic rings. The summed E-state index contributed by atoms with van der Waals surface area (Å²) < 4.78 is 20.1. The summed E-state index contributed by atoms with van der Waals surface area (Å²) in [6, 6.07) is 0. The van der Waals surface area contributed by atoms with Gasteiger partial charge in [-0.05, 0) is 11.8 Å². The highest BCUT2D eigenvalue weighted by Gasteiger charge is 2.76. The lowest BCUT2D eigenvalue weighted by atomic mass is 9.79. The minimum atomic E-state index is -0.695. The van der Waals surface area contributed by atoms with E-state index in [9.17, 15) is 14.4 Å². The van der Waals surface area contributed by atoms with Gasteiger partial charge in [0.1, 0.15) is 0 Å². The third kappa shape index (κ3) is 1.81. The van der Waals surface area contributed by atoms with Gasteiger partial charge in [0.15, 0.2) is 0 Å². The number of carbonyl (C=O) groups excluding carboxylic acids is 3. The van der Waals surface area contributed by atoms with Gasteiger partial charge in [-0.25, -0.2) is 4.79 Å². The Morgan fingerprint density at radius 2 is 1.27 bits per heavy atom. The molecule has 0 spiro atoms. The van der Waals surface area contributed by atoms with Crippen LogP contribution in [0.3, 0.4) is 0 Å².